The summed E-state index contributed by atoms with van der Waals surface area (Å²) >= 11 is 2.88. The minimum absolute atomic E-state index is 0.0798. The molecule has 0 spiro atoms. The van der Waals surface area contributed by atoms with Crippen LogP contribution in [-0.4, -0.2) is 27.1 Å². The van der Waals surface area contributed by atoms with E-state index < -0.39 is 0 Å². The van der Waals surface area contributed by atoms with Crippen molar-refractivity contribution in [3.63, 3.8) is 0 Å². The third-order valence-electron chi connectivity index (χ3n) is 4.39. The maximum atomic E-state index is 12.4. The molecule has 158 valence electrons. The van der Waals surface area contributed by atoms with E-state index in [1.54, 1.807) is 0 Å². The number of hydrogen-bond acceptors (Lipinski definition) is 7. The van der Waals surface area contributed by atoms with Crippen LogP contribution in [-0.2, 0) is 10.5 Å². The van der Waals surface area contributed by atoms with Crippen LogP contribution < -0.4 is 15.6 Å². The third-order valence-corrected chi connectivity index (χ3v) is 6.32. The normalized spacial score (nSPS) is 10.9. The van der Waals surface area contributed by atoms with Gasteiger partial charge in [0.15, 0.2) is 6.61 Å². The molecule has 0 aliphatic rings. The summed E-state index contributed by atoms with van der Waals surface area (Å²) < 4.78 is 6.94. The van der Waals surface area contributed by atoms with E-state index in [0.717, 1.165) is 15.5 Å². The quantitative estimate of drug-likeness (QED) is 0.425. The fourth-order valence-electron chi connectivity index (χ4n) is 2.92. The van der Waals surface area contributed by atoms with Crippen molar-refractivity contribution in [1.29, 1.82) is 0 Å². The Kier molecular flexibility index (Phi) is 6.34. The molecule has 2 aromatic heterocycles. The lowest BCUT2D eigenvalue weighted by atomic mass is 10.2. The zero-order valence-electron chi connectivity index (χ0n) is 17.0. The van der Waals surface area contributed by atoms with Crippen LogP contribution in [0.3, 0.4) is 0 Å². The molecule has 9 heteroatoms. The van der Waals surface area contributed by atoms with Crippen LogP contribution in [0.15, 0.2) is 64.3 Å². The molecule has 0 aliphatic heterocycles. The van der Waals surface area contributed by atoms with Gasteiger partial charge in [0.1, 0.15) is 10.8 Å². The van der Waals surface area contributed by atoms with Crippen molar-refractivity contribution >= 4 is 39.7 Å². The zero-order chi connectivity index (χ0) is 21.8. The number of fused-ring (bicyclic) bond motifs is 1. The first-order chi connectivity index (χ1) is 15.0. The minimum Gasteiger partial charge on any atom is -0.483 e. The largest absolute Gasteiger partial charge is 0.483 e. The van der Waals surface area contributed by atoms with E-state index >= 15 is 0 Å². The van der Waals surface area contributed by atoms with Crippen molar-refractivity contribution in [2.24, 2.45) is 0 Å². The van der Waals surface area contributed by atoms with Gasteiger partial charge in [0.25, 0.3) is 11.5 Å². The van der Waals surface area contributed by atoms with E-state index in [0.29, 0.717) is 27.8 Å². The van der Waals surface area contributed by atoms with Gasteiger partial charge in [-0.05, 0) is 37.6 Å². The lowest BCUT2D eigenvalue weighted by Gasteiger charge is -2.12. The molecule has 0 bridgehead atoms. The number of para-hydroxylation sites is 2. The number of aryl methyl sites for hydroxylation is 2. The van der Waals surface area contributed by atoms with Crippen LogP contribution in [0.1, 0.15) is 16.3 Å². The van der Waals surface area contributed by atoms with Gasteiger partial charge in [-0.25, -0.2) is 4.98 Å². The molecule has 0 fully saturated rings. The Morgan fingerprint density at radius 1 is 1.16 bits per heavy atom. The second kappa shape index (κ2) is 9.32. The molecule has 1 N–H and O–H groups in total. The number of aromatic nitrogens is 3. The molecular weight excluding hydrogens is 432 g/mol. The van der Waals surface area contributed by atoms with Gasteiger partial charge in [-0.2, -0.15) is 9.61 Å². The molecular formula is C22H20N4O3S2. The molecule has 2 heterocycles. The molecule has 0 radical (unpaired) electrons. The van der Waals surface area contributed by atoms with Crippen LogP contribution in [0.25, 0.3) is 4.96 Å². The van der Waals surface area contributed by atoms with Crippen LogP contribution in [0, 0.1) is 13.8 Å². The summed E-state index contributed by atoms with van der Waals surface area (Å²) in [6, 6.07) is 16.6. The minimum atomic E-state index is -0.241. The second-order valence-electron chi connectivity index (χ2n) is 6.79. The van der Waals surface area contributed by atoms with Crippen LogP contribution in [0.5, 0.6) is 5.75 Å². The number of rotatable bonds is 7. The second-order valence-corrected chi connectivity index (χ2v) is 8.97. The Morgan fingerprint density at radius 3 is 2.77 bits per heavy atom. The Labute approximate surface area is 187 Å². The molecule has 2 aromatic carbocycles. The summed E-state index contributed by atoms with van der Waals surface area (Å²) in [6.45, 7) is 3.70. The molecule has 4 aromatic rings. The van der Waals surface area contributed by atoms with E-state index in [1.807, 2.05) is 62.4 Å². The SMILES string of the molecule is Cc1nn2c(=O)cc(CSc3ccccc3NC(=O)COc3ccccc3C)nc2s1. The predicted octanol–water partition coefficient (Wildman–Crippen LogP) is 4.08. The standard InChI is InChI=1S/C22H20N4O3S2/c1-14-7-3-5-9-18(14)29-12-20(27)24-17-8-4-6-10-19(17)30-13-16-11-21(28)26-22(23-16)31-15(2)25-26/h3-11H,12-13H2,1-2H3,(H,24,27). The molecule has 1 amide bonds. The van der Waals surface area contributed by atoms with Gasteiger partial charge in [-0.3, -0.25) is 9.59 Å². The van der Waals surface area contributed by atoms with Gasteiger partial charge in [-0.15, -0.1) is 11.8 Å². The fraction of sp³-hybridized carbons (Fsp3) is 0.182. The topological polar surface area (TPSA) is 85.6 Å². The van der Waals surface area contributed by atoms with Crippen molar-refractivity contribution < 1.29 is 9.53 Å². The van der Waals surface area contributed by atoms with E-state index in [9.17, 15) is 9.59 Å². The molecule has 0 saturated carbocycles. The highest BCUT2D eigenvalue weighted by molar-refractivity contribution is 7.98. The third kappa shape index (κ3) is 5.12. The summed E-state index contributed by atoms with van der Waals surface area (Å²) in [5.74, 6) is 0.940. The van der Waals surface area contributed by atoms with Crippen molar-refractivity contribution in [3.05, 3.63) is 81.2 Å². The maximum absolute atomic E-state index is 12.4. The predicted molar refractivity (Wildman–Crippen MR) is 123 cm³/mol. The Morgan fingerprint density at radius 2 is 1.94 bits per heavy atom. The average Bonchev–Trinajstić information content (AvgIpc) is 3.13. The van der Waals surface area contributed by atoms with Gasteiger partial charge in [0, 0.05) is 16.7 Å². The molecule has 0 aliphatic carbocycles. The van der Waals surface area contributed by atoms with Crippen LogP contribution in [0.2, 0.25) is 0 Å². The highest BCUT2D eigenvalue weighted by Gasteiger charge is 2.11. The van der Waals surface area contributed by atoms with E-state index in [1.165, 1.54) is 33.7 Å². The molecule has 7 nitrogen and oxygen atoms in total. The van der Waals surface area contributed by atoms with Gasteiger partial charge in [0.05, 0.1) is 11.4 Å². The highest BCUT2D eigenvalue weighted by Crippen LogP contribution is 2.29. The summed E-state index contributed by atoms with van der Waals surface area (Å²) in [4.78, 5) is 30.6. The van der Waals surface area contributed by atoms with Gasteiger partial charge in [0.2, 0.25) is 4.96 Å². The molecule has 0 unspecified atom stereocenters. The molecule has 0 saturated heterocycles. The summed E-state index contributed by atoms with van der Waals surface area (Å²) in [5.41, 5.74) is 2.14. The highest BCUT2D eigenvalue weighted by atomic mass is 32.2. The first kappa shape index (κ1) is 21.1. The molecule has 31 heavy (non-hydrogen) atoms. The number of benzene rings is 2. The van der Waals surface area contributed by atoms with Crippen LogP contribution >= 0.6 is 23.1 Å². The summed E-state index contributed by atoms with van der Waals surface area (Å²) in [6.07, 6.45) is 0. The van der Waals surface area contributed by atoms with E-state index in [-0.39, 0.29) is 18.1 Å². The number of thioether (sulfide) groups is 1. The fourth-order valence-corrected chi connectivity index (χ4v) is 4.59. The monoisotopic (exact) mass is 452 g/mol. The number of ether oxygens (including phenoxy) is 1. The smallest absolute Gasteiger partial charge is 0.275 e. The van der Waals surface area contributed by atoms with Crippen molar-refractivity contribution in [2.75, 3.05) is 11.9 Å². The van der Waals surface area contributed by atoms with Crippen molar-refractivity contribution in [2.45, 2.75) is 24.5 Å². The summed E-state index contributed by atoms with van der Waals surface area (Å²) in [7, 11) is 0. The first-order valence-corrected chi connectivity index (χ1v) is 11.4. The average molecular weight is 453 g/mol. The van der Waals surface area contributed by atoms with Crippen LogP contribution in [0.4, 0.5) is 5.69 Å². The number of nitrogens with zero attached hydrogens (tertiary/aromatic N) is 3. The number of carbonyl (C=O) groups is 1. The zero-order valence-corrected chi connectivity index (χ0v) is 18.6. The lowest BCUT2D eigenvalue weighted by Crippen LogP contribution is -2.20. The Bertz CT molecular complexity index is 1300. The molecule has 0 atom stereocenters. The molecule has 4 rings (SSSR count). The maximum Gasteiger partial charge on any atom is 0.275 e. The Hall–Kier alpha value is -3.17. The number of hydrogen-bond donors (Lipinski definition) is 1. The number of amides is 1. The van der Waals surface area contributed by atoms with Crippen molar-refractivity contribution in [1.82, 2.24) is 14.6 Å². The first-order valence-electron chi connectivity index (χ1n) is 9.56. The van der Waals surface area contributed by atoms with E-state index in [4.69, 9.17) is 4.74 Å². The van der Waals surface area contributed by atoms with Gasteiger partial charge < -0.3 is 10.1 Å². The van der Waals surface area contributed by atoms with Gasteiger partial charge in [-0.1, -0.05) is 41.7 Å². The Balaban J connectivity index is 1.42. The van der Waals surface area contributed by atoms with Crippen molar-refractivity contribution in [3.8, 4) is 5.75 Å². The van der Waals surface area contributed by atoms with Gasteiger partial charge >= 0.3 is 0 Å². The summed E-state index contributed by atoms with van der Waals surface area (Å²) in [5, 5.41) is 7.85. The number of nitrogens with one attached hydrogen (secondary N) is 1. The van der Waals surface area contributed by atoms with E-state index in [2.05, 4.69) is 15.4 Å². The number of carbonyl (C=O) groups excluding carboxylic acids is 1. The lowest BCUT2D eigenvalue weighted by molar-refractivity contribution is -0.118. The number of anilines is 1.